The summed E-state index contributed by atoms with van der Waals surface area (Å²) in [6.45, 7) is 4.10. The molecule has 20 heavy (non-hydrogen) atoms. The third-order valence-electron chi connectivity index (χ3n) is 3.29. The van der Waals surface area contributed by atoms with Gasteiger partial charge in [-0.15, -0.1) is 0 Å². The van der Waals surface area contributed by atoms with E-state index in [0.29, 0.717) is 18.5 Å². The lowest BCUT2D eigenvalue weighted by molar-refractivity contribution is -0.132. The van der Waals surface area contributed by atoms with Gasteiger partial charge in [0.15, 0.2) is 6.10 Å². The van der Waals surface area contributed by atoms with Crippen molar-refractivity contribution in [2.24, 2.45) is 0 Å². The van der Waals surface area contributed by atoms with Crippen LogP contribution >= 0.6 is 10.7 Å². The molecule has 1 aliphatic heterocycles. The molecular weight excluding hydrogens is 302 g/mol. The quantitative estimate of drug-likeness (QED) is 0.798. The molecule has 0 spiro atoms. The molecule has 1 amide bonds. The Kier molecular flexibility index (Phi) is 3.97. The Balaban J connectivity index is 2.44. The average Bonchev–Trinajstić information content (AvgIpc) is 2.62. The van der Waals surface area contributed by atoms with Crippen LogP contribution in [0.4, 0.5) is 0 Å². The van der Waals surface area contributed by atoms with Gasteiger partial charge >= 0.3 is 0 Å². The van der Waals surface area contributed by atoms with Crippen LogP contribution in [0.2, 0.25) is 0 Å². The van der Waals surface area contributed by atoms with Crippen molar-refractivity contribution in [2.75, 3.05) is 13.6 Å². The SMILES string of the molecule is Cc1cc(C)c(OC2CCN(C)C2=O)c(S(=O)(=O)Cl)c1. The minimum Gasteiger partial charge on any atom is -0.479 e. The number of likely N-dealkylation sites (tertiary alicyclic amines) is 1. The van der Waals surface area contributed by atoms with Crippen molar-refractivity contribution < 1.29 is 17.9 Å². The Morgan fingerprint density at radius 2 is 2.00 bits per heavy atom. The summed E-state index contributed by atoms with van der Waals surface area (Å²) in [6.07, 6.45) is -0.122. The van der Waals surface area contributed by atoms with Crippen molar-refractivity contribution in [2.45, 2.75) is 31.3 Å². The van der Waals surface area contributed by atoms with Crippen molar-refractivity contribution in [1.29, 1.82) is 0 Å². The summed E-state index contributed by atoms with van der Waals surface area (Å²) in [6, 6.07) is 3.25. The maximum Gasteiger partial charge on any atom is 0.265 e. The van der Waals surface area contributed by atoms with Gasteiger partial charge < -0.3 is 9.64 Å². The first-order valence-corrected chi connectivity index (χ1v) is 8.48. The van der Waals surface area contributed by atoms with Gasteiger partial charge in [-0.2, -0.15) is 0 Å². The number of amides is 1. The highest BCUT2D eigenvalue weighted by Gasteiger charge is 2.33. The molecule has 1 aromatic carbocycles. The number of halogens is 1. The fourth-order valence-corrected chi connectivity index (χ4v) is 3.39. The molecule has 1 fully saturated rings. The lowest BCUT2D eigenvalue weighted by atomic mass is 10.1. The Labute approximate surface area is 122 Å². The Hall–Kier alpha value is -1.27. The van der Waals surface area contributed by atoms with Crippen LogP contribution in [0, 0.1) is 13.8 Å². The number of likely N-dealkylation sites (N-methyl/N-ethyl adjacent to an activating group) is 1. The molecule has 7 heteroatoms. The predicted octanol–water partition coefficient (Wildman–Crippen LogP) is 1.84. The van der Waals surface area contributed by atoms with Gasteiger partial charge in [0.05, 0.1) is 0 Å². The van der Waals surface area contributed by atoms with Crippen molar-refractivity contribution in [3.8, 4) is 5.75 Å². The fraction of sp³-hybridized carbons (Fsp3) is 0.462. The summed E-state index contributed by atoms with van der Waals surface area (Å²) in [5.41, 5.74) is 1.41. The van der Waals surface area contributed by atoms with E-state index in [0.717, 1.165) is 5.56 Å². The van der Waals surface area contributed by atoms with Gasteiger partial charge in [0.1, 0.15) is 10.6 Å². The first kappa shape index (κ1) is 15.1. The number of hydrogen-bond acceptors (Lipinski definition) is 4. The molecule has 1 saturated heterocycles. The number of carbonyl (C=O) groups excluding carboxylic acids is 1. The van der Waals surface area contributed by atoms with Gasteiger partial charge in [-0.3, -0.25) is 4.79 Å². The largest absolute Gasteiger partial charge is 0.479 e. The first-order valence-electron chi connectivity index (χ1n) is 6.17. The number of rotatable bonds is 3. The second kappa shape index (κ2) is 5.26. The van der Waals surface area contributed by atoms with Gasteiger partial charge in [-0.25, -0.2) is 8.42 Å². The van der Waals surface area contributed by atoms with Crippen LogP contribution < -0.4 is 4.74 Å². The van der Waals surface area contributed by atoms with Crippen LogP contribution in [0.15, 0.2) is 17.0 Å². The van der Waals surface area contributed by atoms with E-state index in [-0.39, 0.29) is 16.6 Å². The molecular formula is C13H16ClNO4S. The molecule has 2 rings (SSSR count). The van der Waals surface area contributed by atoms with E-state index in [1.165, 1.54) is 6.07 Å². The molecule has 1 aliphatic rings. The highest BCUT2D eigenvalue weighted by atomic mass is 35.7. The van der Waals surface area contributed by atoms with Gasteiger partial charge in [-0.05, 0) is 31.0 Å². The molecule has 0 aromatic heterocycles. The highest BCUT2D eigenvalue weighted by Crippen LogP contribution is 2.33. The Morgan fingerprint density at radius 1 is 1.35 bits per heavy atom. The van der Waals surface area contributed by atoms with E-state index in [2.05, 4.69) is 0 Å². The molecule has 0 N–H and O–H groups in total. The fourth-order valence-electron chi connectivity index (χ4n) is 2.29. The molecule has 5 nitrogen and oxygen atoms in total. The minimum absolute atomic E-state index is 0.0842. The summed E-state index contributed by atoms with van der Waals surface area (Å²) >= 11 is 0. The monoisotopic (exact) mass is 317 g/mol. The highest BCUT2D eigenvalue weighted by molar-refractivity contribution is 8.13. The first-order chi connectivity index (χ1) is 9.20. The molecule has 0 bridgehead atoms. The van der Waals surface area contributed by atoms with Gasteiger partial charge in [-0.1, -0.05) is 6.07 Å². The normalized spacial score (nSPS) is 19.5. The van der Waals surface area contributed by atoms with Gasteiger partial charge in [0, 0.05) is 30.7 Å². The minimum atomic E-state index is -3.93. The summed E-state index contributed by atoms with van der Waals surface area (Å²) in [7, 11) is 3.21. The summed E-state index contributed by atoms with van der Waals surface area (Å²) < 4.78 is 29.0. The maximum absolute atomic E-state index is 11.9. The molecule has 1 heterocycles. The molecule has 0 radical (unpaired) electrons. The van der Waals surface area contributed by atoms with E-state index in [9.17, 15) is 13.2 Å². The van der Waals surface area contributed by atoms with Crippen LogP contribution in [0.3, 0.4) is 0 Å². The summed E-state index contributed by atoms with van der Waals surface area (Å²) in [5.74, 6) is 0.0159. The predicted molar refractivity (Wildman–Crippen MR) is 75.6 cm³/mol. The molecule has 0 aliphatic carbocycles. The number of hydrogen-bond donors (Lipinski definition) is 0. The van der Waals surface area contributed by atoms with Crippen molar-refractivity contribution in [1.82, 2.24) is 4.90 Å². The number of ether oxygens (including phenoxy) is 1. The van der Waals surface area contributed by atoms with Crippen molar-refractivity contribution in [3.05, 3.63) is 23.3 Å². The standard InChI is InChI=1S/C13H16ClNO4S/c1-8-6-9(2)12(11(7-8)20(14,17)18)19-10-4-5-15(3)13(10)16/h6-7,10H,4-5H2,1-3H3. The Bertz CT molecular complexity index is 657. The van der Waals surface area contributed by atoms with E-state index < -0.39 is 15.2 Å². The lowest BCUT2D eigenvalue weighted by Gasteiger charge is -2.17. The molecule has 0 saturated carbocycles. The zero-order valence-corrected chi connectivity index (χ0v) is 13.1. The number of carbonyl (C=O) groups is 1. The number of nitrogens with zero attached hydrogens (tertiary/aromatic N) is 1. The molecule has 110 valence electrons. The van der Waals surface area contributed by atoms with Crippen LogP contribution in [0.25, 0.3) is 0 Å². The summed E-state index contributed by atoms with van der Waals surface area (Å²) in [5, 5.41) is 0. The smallest absolute Gasteiger partial charge is 0.265 e. The van der Waals surface area contributed by atoms with Crippen LogP contribution in [0.5, 0.6) is 5.75 Å². The van der Waals surface area contributed by atoms with E-state index in [1.54, 1.807) is 31.9 Å². The second-order valence-electron chi connectivity index (χ2n) is 5.00. The van der Waals surface area contributed by atoms with Crippen LogP contribution in [0.1, 0.15) is 17.5 Å². The topological polar surface area (TPSA) is 63.7 Å². The zero-order chi connectivity index (χ0) is 15.1. The van der Waals surface area contributed by atoms with Crippen LogP contribution in [-0.4, -0.2) is 38.9 Å². The third-order valence-corrected chi connectivity index (χ3v) is 4.61. The number of benzene rings is 1. The van der Waals surface area contributed by atoms with E-state index in [1.807, 2.05) is 0 Å². The summed E-state index contributed by atoms with van der Waals surface area (Å²) in [4.78, 5) is 13.3. The Morgan fingerprint density at radius 3 is 2.50 bits per heavy atom. The van der Waals surface area contributed by atoms with Gasteiger partial charge in [0.2, 0.25) is 0 Å². The maximum atomic E-state index is 11.9. The van der Waals surface area contributed by atoms with Crippen molar-refractivity contribution >= 4 is 25.6 Å². The zero-order valence-electron chi connectivity index (χ0n) is 11.5. The van der Waals surface area contributed by atoms with E-state index in [4.69, 9.17) is 15.4 Å². The third kappa shape index (κ3) is 2.91. The van der Waals surface area contributed by atoms with E-state index >= 15 is 0 Å². The lowest BCUT2D eigenvalue weighted by Crippen LogP contribution is -2.30. The second-order valence-corrected chi connectivity index (χ2v) is 7.54. The van der Waals surface area contributed by atoms with Crippen molar-refractivity contribution in [3.63, 3.8) is 0 Å². The van der Waals surface area contributed by atoms with Gasteiger partial charge in [0.25, 0.3) is 15.0 Å². The number of aryl methyl sites for hydroxylation is 2. The molecule has 1 unspecified atom stereocenters. The molecule has 1 atom stereocenters. The van der Waals surface area contributed by atoms with Crippen LogP contribution in [-0.2, 0) is 13.8 Å². The average molecular weight is 318 g/mol. The molecule has 1 aromatic rings.